The molecule has 3 aromatic rings. The number of carbonyl (C=O) groups is 1. The van der Waals surface area contributed by atoms with Crippen molar-refractivity contribution in [3.8, 4) is 5.75 Å². The van der Waals surface area contributed by atoms with Crippen LogP contribution in [0.25, 0.3) is 0 Å². The molecule has 0 bridgehead atoms. The van der Waals surface area contributed by atoms with Crippen LogP contribution >= 0.6 is 11.3 Å². The van der Waals surface area contributed by atoms with E-state index in [9.17, 15) is 4.79 Å². The molecule has 1 aromatic heterocycles. The molecule has 0 fully saturated rings. The number of para-hydroxylation sites is 1. The maximum Gasteiger partial charge on any atom is 0.226 e. The summed E-state index contributed by atoms with van der Waals surface area (Å²) in [7, 11) is 1.64. The van der Waals surface area contributed by atoms with Crippen LogP contribution in [0.5, 0.6) is 5.75 Å². The zero-order chi connectivity index (χ0) is 19.6. The second kappa shape index (κ2) is 10.6. The SMILES string of the molecule is COCC(Cc1ccccc1)NC(=O)Cc1csc(COc2ccccc2)n1. The Hall–Kier alpha value is -2.70. The van der Waals surface area contributed by atoms with Gasteiger partial charge in [0.15, 0.2) is 0 Å². The first-order valence-electron chi connectivity index (χ1n) is 9.16. The second-order valence-corrected chi connectivity index (χ2v) is 7.36. The van der Waals surface area contributed by atoms with Gasteiger partial charge in [0.05, 0.1) is 24.8 Å². The number of hydrogen-bond acceptors (Lipinski definition) is 5. The number of nitrogens with zero attached hydrogens (tertiary/aromatic N) is 1. The van der Waals surface area contributed by atoms with Crippen molar-refractivity contribution in [2.75, 3.05) is 13.7 Å². The number of rotatable bonds is 10. The van der Waals surface area contributed by atoms with Crippen molar-refractivity contribution in [2.24, 2.45) is 0 Å². The maximum absolute atomic E-state index is 12.4. The highest BCUT2D eigenvalue weighted by Gasteiger charge is 2.15. The predicted molar refractivity (Wildman–Crippen MR) is 111 cm³/mol. The van der Waals surface area contributed by atoms with E-state index in [1.165, 1.54) is 16.9 Å². The van der Waals surface area contributed by atoms with Crippen molar-refractivity contribution in [2.45, 2.75) is 25.5 Å². The van der Waals surface area contributed by atoms with Gasteiger partial charge < -0.3 is 14.8 Å². The fourth-order valence-electron chi connectivity index (χ4n) is 2.85. The Morgan fingerprint density at radius 2 is 1.82 bits per heavy atom. The monoisotopic (exact) mass is 396 g/mol. The Kier molecular flexibility index (Phi) is 7.58. The molecule has 1 atom stereocenters. The van der Waals surface area contributed by atoms with Crippen molar-refractivity contribution < 1.29 is 14.3 Å². The normalized spacial score (nSPS) is 11.8. The number of amides is 1. The lowest BCUT2D eigenvalue weighted by atomic mass is 10.1. The van der Waals surface area contributed by atoms with Crippen molar-refractivity contribution in [1.82, 2.24) is 10.3 Å². The van der Waals surface area contributed by atoms with E-state index < -0.39 is 0 Å². The van der Waals surface area contributed by atoms with E-state index in [1.807, 2.05) is 66.0 Å². The van der Waals surface area contributed by atoms with Gasteiger partial charge in [-0.15, -0.1) is 11.3 Å². The van der Waals surface area contributed by atoms with Crippen molar-refractivity contribution in [3.05, 3.63) is 82.3 Å². The topological polar surface area (TPSA) is 60.5 Å². The first-order chi connectivity index (χ1) is 13.7. The van der Waals surface area contributed by atoms with Crippen LogP contribution in [0.15, 0.2) is 66.0 Å². The quantitative estimate of drug-likeness (QED) is 0.568. The standard InChI is InChI=1S/C22H24N2O3S/c1-26-14-18(12-17-8-4-2-5-9-17)23-21(25)13-19-16-28-22(24-19)15-27-20-10-6-3-7-11-20/h2-11,16,18H,12-15H2,1H3,(H,23,25). The molecule has 1 unspecified atom stereocenters. The van der Waals surface area contributed by atoms with Crippen LogP contribution < -0.4 is 10.1 Å². The fourth-order valence-corrected chi connectivity index (χ4v) is 3.56. The van der Waals surface area contributed by atoms with Crippen molar-refractivity contribution in [3.63, 3.8) is 0 Å². The van der Waals surface area contributed by atoms with Gasteiger partial charge in [-0.25, -0.2) is 4.98 Å². The van der Waals surface area contributed by atoms with E-state index in [4.69, 9.17) is 9.47 Å². The number of thiazole rings is 1. The second-order valence-electron chi connectivity index (χ2n) is 6.42. The Labute approximate surface area is 169 Å². The van der Waals surface area contributed by atoms with Gasteiger partial charge in [0, 0.05) is 12.5 Å². The van der Waals surface area contributed by atoms with Crippen LogP contribution in [0, 0.1) is 0 Å². The summed E-state index contributed by atoms with van der Waals surface area (Å²) in [4.78, 5) is 16.9. The molecule has 0 spiro atoms. The largest absolute Gasteiger partial charge is 0.486 e. The third-order valence-corrected chi connectivity index (χ3v) is 4.98. The predicted octanol–water partition coefficient (Wildman–Crippen LogP) is 3.64. The summed E-state index contributed by atoms with van der Waals surface area (Å²) in [5.74, 6) is 0.749. The summed E-state index contributed by atoms with van der Waals surface area (Å²) in [5, 5.41) is 5.81. The van der Waals surface area contributed by atoms with E-state index >= 15 is 0 Å². The van der Waals surface area contributed by atoms with Crippen LogP contribution in [0.3, 0.4) is 0 Å². The summed E-state index contributed by atoms with van der Waals surface area (Å²) < 4.78 is 11.0. The first kappa shape index (κ1) is 20.0. The Morgan fingerprint density at radius 3 is 2.54 bits per heavy atom. The molecule has 5 nitrogen and oxygen atoms in total. The fraction of sp³-hybridized carbons (Fsp3) is 0.273. The first-order valence-corrected chi connectivity index (χ1v) is 10.0. The van der Waals surface area contributed by atoms with E-state index in [1.54, 1.807) is 7.11 Å². The average molecular weight is 397 g/mol. The molecule has 146 valence electrons. The minimum Gasteiger partial charge on any atom is -0.486 e. The number of hydrogen-bond donors (Lipinski definition) is 1. The highest BCUT2D eigenvalue weighted by Crippen LogP contribution is 2.15. The summed E-state index contributed by atoms with van der Waals surface area (Å²) in [6.07, 6.45) is 0.977. The number of methoxy groups -OCH3 is 1. The number of benzene rings is 2. The molecule has 1 heterocycles. The smallest absolute Gasteiger partial charge is 0.226 e. The highest BCUT2D eigenvalue weighted by atomic mass is 32.1. The minimum absolute atomic E-state index is 0.0567. The number of nitrogens with one attached hydrogen (secondary N) is 1. The summed E-state index contributed by atoms with van der Waals surface area (Å²) in [6.45, 7) is 0.866. The maximum atomic E-state index is 12.4. The molecule has 1 amide bonds. The molecule has 1 N–H and O–H groups in total. The molecule has 0 radical (unpaired) electrons. The lowest BCUT2D eigenvalue weighted by Crippen LogP contribution is -2.40. The van der Waals surface area contributed by atoms with E-state index in [2.05, 4.69) is 10.3 Å². The van der Waals surface area contributed by atoms with Crippen LogP contribution in [-0.2, 0) is 29.0 Å². The lowest BCUT2D eigenvalue weighted by molar-refractivity contribution is -0.121. The summed E-state index contributed by atoms with van der Waals surface area (Å²) in [6, 6.07) is 19.6. The average Bonchev–Trinajstić information content (AvgIpc) is 3.15. The Balaban J connectivity index is 1.50. The number of carbonyl (C=O) groups excluding carboxylic acids is 1. The van der Waals surface area contributed by atoms with Crippen LogP contribution in [0.2, 0.25) is 0 Å². The Bertz CT molecular complexity index is 852. The van der Waals surface area contributed by atoms with Gasteiger partial charge in [0.1, 0.15) is 17.4 Å². The summed E-state index contributed by atoms with van der Waals surface area (Å²) in [5.41, 5.74) is 1.92. The van der Waals surface area contributed by atoms with Crippen LogP contribution in [0.4, 0.5) is 0 Å². The molecule has 0 saturated heterocycles. The molecule has 6 heteroatoms. The molecular formula is C22H24N2O3S. The lowest BCUT2D eigenvalue weighted by Gasteiger charge is -2.18. The van der Waals surface area contributed by atoms with Gasteiger partial charge in [-0.2, -0.15) is 0 Å². The Morgan fingerprint density at radius 1 is 1.11 bits per heavy atom. The zero-order valence-corrected chi connectivity index (χ0v) is 16.7. The number of aromatic nitrogens is 1. The number of ether oxygens (including phenoxy) is 2. The molecular weight excluding hydrogens is 372 g/mol. The van der Waals surface area contributed by atoms with Gasteiger partial charge in [0.2, 0.25) is 5.91 Å². The van der Waals surface area contributed by atoms with Gasteiger partial charge in [-0.05, 0) is 24.1 Å². The third-order valence-electron chi connectivity index (χ3n) is 4.10. The van der Waals surface area contributed by atoms with E-state index in [-0.39, 0.29) is 18.4 Å². The van der Waals surface area contributed by atoms with Gasteiger partial charge in [-0.3, -0.25) is 4.79 Å². The molecule has 0 aliphatic heterocycles. The molecule has 0 saturated carbocycles. The van der Waals surface area contributed by atoms with Gasteiger partial charge in [-0.1, -0.05) is 48.5 Å². The molecule has 2 aromatic carbocycles. The van der Waals surface area contributed by atoms with E-state index in [0.717, 1.165) is 22.9 Å². The van der Waals surface area contributed by atoms with Crippen LogP contribution in [0.1, 0.15) is 16.3 Å². The minimum atomic E-state index is -0.0700. The summed E-state index contributed by atoms with van der Waals surface area (Å²) >= 11 is 1.50. The molecule has 3 rings (SSSR count). The molecule has 28 heavy (non-hydrogen) atoms. The van der Waals surface area contributed by atoms with Crippen molar-refractivity contribution in [1.29, 1.82) is 0 Å². The van der Waals surface area contributed by atoms with E-state index in [0.29, 0.717) is 13.2 Å². The van der Waals surface area contributed by atoms with Crippen LogP contribution in [-0.4, -0.2) is 30.6 Å². The van der Waals surface area contributed by atoms with Gasteiger partial charge in [0.25, 0.3) is 0 Å². The van der Waals surface area contributed by atoms with Crippen molar-refractivity contribution >= 4 is 17.2 Å². The molecule has 0 aliphatic carbocycles. The van der Waals surface area contributed by atoms with Gasteiger partial charge >= 0.3 is 0 Å². The zero-order valence-electron chi connectivity index (χ0n) is 15.8. The third kappa shape index (κ3) is 6.48. The highest BCUT2D eigenvalue weighted by molar-refractivity contribution is 7.09. The molecule has 0 aliphatic rings.